The topological polar surface area (TPSA) is 65.5 Å². The maximum absolute atomic E-state index is 12.5. The van der Waals surface area contributed by atoms with E-state index in [9.17, 15) is 9.59 Å². The zero-order valence-electron chi connectivity index (χ0n) is 14.2. The summed E-state index contributed by atoms with van der Waals surface area (Å²) in [7, 11) is 0. The highest BCUT2D eigenvalue weighted by molar-refractivity contribution is 6.35. The zero-order chi connectivity index (χ0) is 18.7. The quantitative estimate of drug-likeness (QED) is 0.868. The first-order valence-corrected chi connectivity index (χ1v) is 8.92. The fourth-order valence-electron chi connectivity index (χ4n) is 2.77. The van der Waals surface area contributed by atoms with Crippen LogP contribution in [0.2, 0.25) is 10.0 Å². The number of carbonyl (C=O) groups excluding carboxylic acids is 2. The highest BCUT2D eigenvalue weighted by Crippen LogP contribution is 2.25. The van der Waals surface area contributed by atoms with Crippen LogP contribution in [0.15, 0.2) is 36.5 Å². The maximum atomic E-state index is 12.5. The van der Waals surface area contributed by atoms with Crippen molar-refractivity contribution in [3.8, 4) is 0 Å². The number of carbonyl (C=O) groups is 2. The second-order valence-corrected chi connectivity index (χ2v) is 6.89. The van der Waals surface area contributed by atoms with Crippen molar-refractivity contribution >= 4 is 46.4 Å². The molecule has 1 aliphatic rings. The van der Waals surface area contributed by atoms with Crippen molar-refractivity contribution in [3.63, 3.8) is 0 Å². The summed E-state index contributed by atoms with van der Waals surface area (Å²) >= 11 is 12.0. The third-order valence-corrected chi connectivity index (χ3v) is 4.58. The van der Waals surface area contributed by atoms with E-state index >= 15 is 0 Å². The fourth-order valence-corrected chi connectivity index (χ4v) is 3.30. The molecule has 1 saturated heterocycles. The molecule has 2 aromatic rings. The average Bonchev–Trinajstić information content (AvgIpc) is 2.61. The first-order chi connectivity index (χ1) is 12.4. The number of nitrogens with zero attached hydrogens (tertiary/aromatic N) is 3. The number of benzene rings is 1. The zero-order valence-corrected chi connectivity index (χ0v) is 15.7. The van der Waals surface area contributed by atoms with E-state index in [1.807, 2.05) is 0 Å². The van der Waals surface area contributed by atoms with Gasteiger partial charge in [0, 0.05) is 48.8 Å². The molecule has 26 heavy (non-hydrogen) atoms. The largest absolute Gasteiger partial charge is 0.354 e. The summed E-state index contributed by atoms with van der Waals surface area (Å²) in [5.41, 5.74) is 1.83. The first-order valence-electron chi connectivity index (χ1n) is 8.16. The van der Waals surface area contributed by atoms with Crippen LogP contribution in [0, 0.1) is 0 Å². The summed E-state index contributed by atoms with van der Waals surface area (Å²) in [5, 5.41) is 4.21. The van der Waals surface area contributed by atoms with Gasteiger partial charge < -0.3 is 15.1 Å². The summed E-state index contributed by atoms with van der Waals surface area (Å²) in [5.74, 6) is -0.0997. The van der Waals surface area contributed by atoms with Crippen molar-refractivity contribution in [3.05, 3.63) is 52.3 Å². The van der Waals surface area contributed by atoms with E-state index in [0.717, 1.165) is 11.4 Å². The summed E-state index contributed by atoms with van der Waals surface area (Å²) < 4.78 is 0. The van der Waals surface area contributed by atoms with Crippen LogP contribution in [0.1, 0.15) is 17.4 Å². The number of nitrogens with one attached hydrogen (secondary N) is 1. The monoisotopic (exact) mass is 392 g/mol. The molecule has 0 spiro atoms. The summed E-state index contributed by atoms with van der Waals surface area (Å²) in [6.45, 7) is 3.67. The van der Waals surface area contributed by atoms with Crippen LogP contribution >= 0.6 is 23.2 Å². The number of amides is 2. The van der Waals surface area contributed by atoms with Crippen molar-refractivity contribution in [1.82, 2.24) is 14.8 Å². The molecule has 0 radical (unpaired) electrons. The number of hydrogen-bond acceptors (Lipinski definition) is 4. The minimum absolute atomic E-state index is 0.0340. The van der Waals surface area contributed by atoms with Crippen LogP contribution < -0.4 is 5.32 Å². The smallest absolute Gasteiger partial charge is 0.272 e. The van der Waals surface area contributed by atoms with Gasteiger partial charge in [0.05, 0.1) is 11.9 Å². The molecule has 0 bridgehead atoms. The van der Waals surface area contributed by atoms with E-state index in [-0.39, 0.29) is 11.8 Å². The second-order valence-electron chi connectivity index (χ2n) is 6.01. The lowest BCUT2D eigenvalue weighted by Crippen LogP contribution is -2.50. The molecule has 1 N–H and O–H groups in total. The minimum Gasteiger partial charge on any atom is -0.354 e. The molecule has 2 amide bonds. The predicted molar refractivity (Wildman–Crippen MR) is 102 cm³/mol. The van der Waals surface area contributed by atoms with Gasteiger partial charge >= 0.3 is 0 Å². The Morgan fingerprint density at radius 1 is 0.962 bits per heavy atom. The molecule has 6 nitrogen and oxygen atoms in total. The molecular weight excluding hydrogens is 375 g/mol. The molecule has 1 aromatic heterocycles. The highest BCUT2D eigenvalue weighted by Gasteiger charge is 2.23. The highest BCUT2D eigenvalue weighted by atomic mass is 35.5. The Morgan fingerprint density at radius 3 is 2.12 bits per heavy atom. The van der Waals surface area contributed by atoms with Crippen LogP contribution in [0.5, 0.6) is 0 Å². The van der Waals surface area contributed by atoms with E-state index in [2.05, 4.69) is 10.3 Å². The van der Waals surface area contributed by atoms with Gasteiger partial charge in [0.1, 0.15) is 5.69 Å². The molecule has 1 fully saturated rings. The Balaban J connectivity index is 1.64. The van der Waals surface area contributed by atoms with Gasteiger partial charge in [-0.1, -0.05) is 23.2 Å². The van der Waals surface area contributed by atoms with Gasteiger partial charge in [-0.2, -0.15) is 0 Å². The summed E-state index contributed by atoms with van der Waals surface area (Å²) in [4.78, 5) is 31.6. The van der Waals surface area contributed by atoms with Gasteiger partial charge in [-0.15, -0.1) is 0 Å². The molecule has 0 atom stereocenters. The summed E-state index contributed by atoms with van der Waals surface area (Å²) in [6, 6.07) is 8.61. The summed E-state index contributed by atoms with van der Waals surface area (Å²) in [6.07, 6.45) is 1.59. The molecule has 0 aliphatic carbocycles. The van der Waals surface area contributed by atoms with Crippen LogP contribution in [-0.4, -0.2) is 52.8 Å². The third-order valence-electron chi connectivity index (χ3n) is 4.15. The number of anilines is 2. The van der Waals surface area contributed by atoms with Crippen molar-refractivity contribution in [2.24, 2.45) is 0 Å². The molecule has 3 rings (SSSR count). The minimum atomic E-state index is -0.134. The molecule has 2 heterocycles. The number of halogens is 2. The predicted octanol–water partition coefficient (Wildman–Crippen LogP) is 3.44. The SMILES string of the molecule is CC(=O)N1CCN(C(=O)c2ccc(Nc3cc(Cl)cc(Cl)c3)cn2)CC1. The van der Waals surface area contributed by atoms with Crippen LogP contribution in [0.4, 0.5) is 11.4 Å². The molecule has 0 saturated carbocycles. The van der Waals surface area contributed by atoms with E-state index < -0.39 is 0 Å². The van der Waals surface area contributed by atoms with Gasteiger partial charge in [-0.05, 0) is 30.3 Å². The molecule has 0 unspecified atom stereocenters. The normalized spacial score (nSPS) is 14.3. The molecular formula is C18H18Cl2N4O2. The number of piperazine rings is 1. The van der Waals surface area contributed by atoms with Gasteiger partial charge in [0.15, 0.2) is 0 Å². The second kappa shape index (κ2) is 7.93. The number of pyridine rings is 1. The van der Waals surface area contributed by atoms with Crippen molar-refractivity contribution in [2.45, 2.75) is 6.92 Å². The van der Waals surface area contributed by atoms with Crippen LogP contribution in [0.25, 0.3) is 0 Å². The average molecular weight is 393 g/mol. The number of rotatable bonds is 3. The van der Waals surface area contributed by atoms with Gasteiger partial charge in [0.25, 0.3) is 5.91 Å². The fraction of sp³-hybridized carbons (Fsp3) is 0.278. The van der Waals surface area contributed by atoms with E-state index in [1.165, 1.54) is 6.92 Å². The Morgan fingerprint density at radius 2 is 1.58 bits per heavy atom. The Hall–Kier alpha value is -2.31. The Labute approximate surface area is 161 Å². The lowest BCUT2D eigenvalue weighted by molar-refractivity contribution is -0.130. The van der Waals surface area contributed by atoms with Gasteiger partial charge in [-0.3, -0.25) is 9.59 Å². The van der Waals surface area contributed by atoms with E-state index in [1.54, 1.807) is 46.3 Å². The van der Waals surface area contributed by atoms with Crippen molar-refractivity contribution < 1.29 is 9.59 Å². The van der Waals surface area contributed by atoms with Crippen molar-refractivity contribution in [1.29, 1.82) is 0 Å². The first kappa shape index (κ1) is 18.5. The number of aromatic nitrogens is 1. The molecule has 8 heteroatoms. The van der Waals surface area contributed by atoms with Crippen LogP contribution in [0.3, 0.4) is 0 Å². The van der Waals surface area contributed by atoms with Gasteiger partial charge in [-0.25, -0.2) is 4.98 Å². The molecule has 136 valence electrons. The Kier molecular flexibility index (Phi) is 5.64. The lowest BCUT2D eigenvalue weighted by atomic mass is 10.2. The third kappa shape index (κ3) is 4.45. The molecule has 1 aliphatic heterocycles. The lowest BCUT2D eigenvalue weighted by Gasteiger charge is -2.34. The van der Waals surface area contributed by atoms with Crippen LogP contribution in [-0.2, 0) is 4.79 Å². The van der Waals surface area contributed by atoms with Gasteiger partial charge in [0.2, 0.25) is 5.91 Å². The van der Waals surface area contributed by atoms with E-state index in [0.29, 0.717) is 41.9 Å². The van der Waals surface area contributed by atoms with E-state index in [4.69, 9.17) is 23.2 Å². The maximum Gasteiger partial charge on any atom is 0.272 e. The van der Waals surface area contributed by atoms with Crippen molar-refractivity contribution in [2.75, 3.05) is 31.5 Å². The molecule has 1 aromatic carbocycles. The Bertz CT molecular complexity index is 798. The standard InChI is InChI=1S/C18H18Cl2N4O2/c1-12(25)23-4-6-24(7-5-23)18(26)17-3-2-15(11-21-17)22-16-9-13(19)8-14(20)10-16/h2-3,8-11,22H,4-7H2,1H3. The number of hydrogen-bond donors (Lipinski definition) is 1.